The van der Waals surface area contributed by atoms with E-state index in [1.54, 1.807) is 12.4 Å². The number of nitrogens with zero attached hydrogens (tertiary/aromatic N) is 4. The van der Waals surface area contributed by atoms with Crippen molar-refractivity contribution in [2.45, 2.75) is 37.5 Å². The molecule has 8 heteroatoms. The highest BCUT2D eigenvalue weighted by molar-refractivity contribution is 5.87. The van der Waals surface area contributed by atoms with Gasteiger partial charge in [-0.1, -0.05) is 6.07 Å². The fourth-order valence-electron chi connectivity index (χ4n) is 4.17. The topological polar surface area (TPSA) is 86.2 Å². The smallest absolute Gasteiger partial charge is 0.254 e. The van der Waals surface area contributed by atoms with Crippen molar-refractivity contribution in [1.82, 2.24) is 19.7 Å². The van der Waals surface area contributed by atoms with Crippen molar-refractivity contribution in [2.75, 3.05) is 45.9 Å². The third-order valence-electron chi connectivity index (χ3n) is 5.79. The molecular weight excluding hydrogens is 360 g/mol. The van der Waals surface area contributed by atoms with Crippen molar-refractivity contribution in [2.24, 2.45) is 0 Å². The largest absolute Gasteiger partial charge is 0.396 e. The number of piperazine rings is 1. The zero-order valence-electron chi connectivity index (χ0n) is 16.1. The molecule has 2 aliphatic heterocycles. The van der Waals surface area contributed by atoms with Crippen LogP contribution in [0, 0.1) is 0 Å². The Bertz CT molecular complexity index is 689. The summed E-state index contributed by atoms with van der Waals surface area (Å²) in [6.07, 6.45) is 5.45. The lowest BCUT2D eigenvalue weighted by Crippen LogP contribution is -2.58. The molecule has 3 heterocycles. The Morgan fingerprint density at radius 1 is 1.25 bits per heavy atom. The van der Waals surface area contributed by atoms with Crippen LogP contribution in [0.2, 0.25) is 0 Å². The standard InChI is InChI=1S/C20H28N4O4/c25-12-2-7-22-8-10-23(11-9-22)20(27)19-18(15-3-1-6-21-13-15)24(16-4-5-16)17(26)14-28-19/h1,3,6,13,16,18-19,25H,2,4-5,7-12,14H2/t18-,19+/m1/s1. The quantitative estimate of drug-likeness (QED) is 0.741. The van der Waals surface area contributed by atoms with E-state index in [9.17, 15) is 9.59 Å². The molecular formula is C20H28N4O4. The number of amides is 2. The Labute approximate surface area is 165 Å². The number of hydrogen-bond acceptors (Lipinski definition) is 6. The van der Waals surface area contributed by atoms with Gasteiger partial charge in [0.25, 0.3) is 5.91 Å². The summed E-state index contributed by atoms with van der Waals surface area (Å²) in [6.45, 7) is 3.86. The maximum absolute atomic E-state index is 13.3. The highest BCUT2D eigenvalue weighted by Crippen LogP contribution is 2.39. The molecule has 2 atom stereocenters. The van der Waals surface area contributed by atoms with Crippen molar-refractivity contribution in [3.8, 4) is 0 Å². The molecule has 8 nitrogen and oxygen atoms in total. The highest BCUT2D eigenvalue weighted by atomic mass is 16.5. The summed E-state index contributed by atoms with van der Waals surface area (Å²) in [5, 5.41) is 9.00. The third-order valence-corrected chi connectivity index (χ3v) is 5.79. The first kappa shape index (κ1) is 19.3. The average Bonchev–Trinajstić information content (AvgIpc) is 3.57. The molecule has 3 fully saturated rings. The minimum absolute atomic E-state index is 0.0415. The van der Waals surface area contributed by atoms with Crippen LogP contribution in [-0.2, 0) is 14.3 Å². The highest BCUT2D eigenvalue weighted by Gasteiger charge is 2.48. The zero-order valence-corrected chi connectivity index (χ0v) is 16.1. The van der Waals surface area contributed by atoms with Gasteiger partial charge in [0.05, 0.1) is 6.04 Å². The maximum atomic E-state index is 13.3. The van der Waals surface area contributed by atoms with Crippen LogP contribution in [0.15, 0.2) is 24.5 Å². The molecule has 0 radical (unpaired) electrons. The number of pyridine rings is 1. The Morgan fingerprint density at radius 2 is 2.04 bits per heavy atom. The first-order valence-electron chi connectivity index (χ1n) is 10.1. The van der Waals surface area contributed by atoms with Gasteiger partial charge in [-0.25, -0.2) is 0 Å². The number of rotatable bonds is 6. The first-order valence-corrected chi connectivity index (χ1v) is 10.1. The first-order chi connectivity index (χ1) is 13.7. The minimum Gasteiger partial charge on any atom is -0.396 e. The molecule has 28 heavy (non-hydrogen) atoms. The van der Waals surface area contributed by atoms with E-state index in [4.69, 9.17) is 9.84 Å². The van der Waals surface area contributed by atoms with Crippen molar-refractivity contribution in [3.05, 3.63) is 30.1 Å². The van der Waals surface area contributed by atoms with E-state index < -0.39 is 12.1 Å². The van der Waals surface area contributed by atoms with E-state index in [0.29, 0.717) is 13.1 Å². The van der Waals surface area contributed by atoms with Crippen molar-refractivity contribution in [3.63, 3.8) is 0 Å². The molecule has 1 aliphatic carbocycles. The fraction of sp³-hybridized carbons (Fsp3) is 0.650. The molecule has 0 aromatic carbocycles. The summed E-state index contributed by atoms with van der Waals surface area (Å²) in [7, 11) is 0. The SMILES string of the molecule is O=C([C@H]1OCC(=O)N(C2CC2)[C@@H]1c1cccnc1)N1CCN(CCCO)CC1. The second-order valence-electron chi connectivity index (χ2n) is 7.74. The Balaban J connectivity index is 1.50. The molecule has 3 aliphatic rings. The summed E-state index contributed by atoms with van der Waals surface area (Å²) in [5.41, 5.74) is 0.849. The van der Waals surface area contributed by atoms with Gasteiger partial charge in [-0.05, 0) is 30.9 Å². The van der Waals surface area contributed by atoms with Gasteiger partial charge in [0.15, 0.2) is 6.10 Å². The lowest BCUT2D eigenvalue weighted by atomic mass is 9.97. The molecule has 1 saturated carbocycles. The number of ether oxygens (including phenoxy) is 1. The summed E-state index contributed by atoms with van der Waals surface area (Å²) in [4.78, 5) is 36.1. The van der Waals surface area contributed by atoms with Crippen LogP contribution in [0.3, 0.4) is 0 Å². The summed E-state index contributed by atoms with van der Waals surface area (Å²) in [6, 6.07) is 3.54. The second kappa shape index (κ2) is 8.55. The van der Waals surface area contributed by atoms with Gasteiger partial charge in [0.1, 0.15) is 6.61 Å². The number of hydrogen-bond donors (Lipinski definition) is 1. The van der Waals surface area contributed by atoms with Crippen LogP contribution >= 0.6 is 0 Å². The lowest BCUT2D eigenvalue weighted by Gasteiger charge is -2.43. The number of aliphatic hydroxyl groups excluding tert-OH is 1. The minimum atomic E-state index is -0.688. The number of aliphatic hydroxyl groups is 1. The van der Waals surface area contributed by atoms with E-state index >= 15 is 0 Å². The fourth-order valence-corrected chi connectivity index (χ4v) is 4.17. The summed E-state index contributed by atoms with van der Waals surface area (Å²) >= 11 is 0. The molecule has 0 unspecified atom stereocenters. The summed E-state index contributed by atoms with van der Waals surface area (Å²) < 4.78 is 5.82. The number of carbonyl (C=O) groups excluding carboxylic acids is 2. The molecule has 1 N–H and O–H groups in total. The van der Waals surface area contributed by atoms with Gasteiger partial charge in [-0.3, -0.25) is 19.5 Å². The van der Waals surface area contributed by atoms with E-state index in [2.05, 4.69) is 9.88 Å². The molecule has 1 aromatic heterocycles. The number of aromatic nitrogens is 1. The average molecular weight is 388 g/mol. The monoisotopic (exact) mass is 388 g/mol. The van der Waals surface area contributed by atoms with Crippen LogP contribution < -0.4 is 0 Å². The number of morpholine rings is 1. The Morgan fingerprint density at radius 3 is 2.68 bits per heavy atom. The van der Waals surface area contributed by atoms with E-state index in [0.717, 1.165) is 44.5 Å². The van der Waals surface area contributed by atoms with E-state index in [-0.39, 0.29) is 31.1 Å². The van der Waals surface area contributed by atoms with Crippen molar-refractivity contribution >= 4 is 11.8 Å². The molecule has 0 bridgehead atoms. The van der Waals surface area contributed by atoms with Gasteiger partial charge in [0.2, 0.25) is 5.91 Å². The number of carbonyl (C=O) groups is 2. The van der Waals surface area contributed by atoms with Gasteiger partial charge < -0.3 is 19.6 Å². The van der Waals surface area contributed by atoms with Crippen molar-refractivity contribution < 1.29 is 19.4 Å². The molecule has 2 amide bonds. The molecule has 2 saturated heterocycles. The van der Waals surface area contributed by atoms with Crippen LogP contribution in [0.5, 0.6) is 0 Å². The normalized spacial score (nSPS) is 26.5. The zero-order chi connectivity index (χ0) is 19.5. The van der Waals surface area contributed by atoms with E-state index in [1.165, 1.54) is 0 Å². The van der Waals surface area contributed by atoms with Gasteiger partial charge in [-0.2, -0.15) is 0 Å². The molecule has 1 aromatic rings. The van der Waals surface area contributed by atoms with Gasteiger partial charge >= 0.3 is 0 Å². The maximum Gasteiger partial charge on any atom is 0.254 e. The van der Waals surface area contributed by atoms with Crippen LogP contribution in [0.4, 0.5) is 0 Å². The van der Waals surface area contributed by atoms with Crippen LogP contribution in [0.25, 0.3) is 0 Å². The van der Waals surface area contributed by atoms with Gasteiger partial charge in [0, 0.05) is 57.8 Å². The van der Waals surface area contributed by atoms with E-state index in [1.807, 2.05) is 21.9 Å². The molecule has 4 rings (SSSR count). The van der Waals surface area contributed by atoms with Crippen LogP contribution in [-0.4, -0.2) is 94.7 Å². The predicted octanol–water partition coefficient (Wildman–Crippen LogP) is 0.0391. The van der Waals surface area contributed by atoms with Crippen molar-refractivity contribution in [1.29, 1.82) is 0 Å². The molecule has 152 valence electrons. The lowest BCUT2D eigenvalue weighted by molar-refractivity contribution is -0.171. The Kier molecular flexibility index (Phi) is 5.89. The molecule has 0 spiro atoms. The third kappa shape index (κ3) is 4.04. The van der Waals surface area contributed by atoms with Gasteiger partial charge in [-0.15, -0.1) is 0 Å². The summed E-state index contributed by atoms with van der Waals surface area (Å²) in [5.74, 6) is -0.0944. The second-order valence-corrected chi connectivity index (χ2v) is 7.74. The Hall–Kier alpha value is -2.03. The van der Waals surface area contributed by atoms with Crippen LogP contribution in [0.1, 0.15) is 30.9 Å². The predicted molar refractivity (Wildman–Crippen MR) is 101 cm³/mol.